The molecule has 4 aliphatic rings. The molecule has 5 heteroatoms. The van der Waals surface area contributed by atoms with Gasteiger partial charge >= 0.3 is 5.97 Å². The molecule has 1 saturated carbocycles. The molecule has 0 spiro atoms. The first-order valence-electron chi connectivity index (χ1n) is 7.77. The number of esters is 1. The van der Waals surface area contributed by atoms with E-state index in [9.17, 15) is 14.4 Å². The van der Waals surface area contributed by atoms with Gasteiger partial charge in [-0.25, -0.2) is 0 Å². The standard InChI is InChI=1S/C16H19NO4/c1-17-14(18)12-5-2-8-9-6-7-21-16(20)11(9)4-3-10(8)13(12)15(17)19/h2,9-13H,3-7H2,1H3/t9-,10+,11+,12-,13+/m1/s1. The molecule has 0 bridgehead atoms. The predicted octanol–water partition coefficient (Wildman–Crippen LogP) is 1.14. The van der Waals surface area contributed by atoms with E-state index >= 15 is 0 Å². The number of hydrogen-bond acceptors (Lipinski definition) is 4. The number of ether oxygens (including phenoxy) is 1. The van der Waals surface area contributed by atoms with Crippen LogP contribution in [0.3, 0.4) is 0 Å². The monoisotopic (exact) mass is 289 g/mol. The number of cyclic esters (lactones) is 1. The molecule has 2 saturated heterocycles. The highest BCUT2D eigenvalue weighted by molar-refractivity contribution is 6.05. The van der Waals surface area contributed by atoms with E-state index in [2.05, 4.69) is 6.08 Å². The molecule has 0 unspecified atom stereocenters. The summed E-state index contributed by atoms with van der Waals surface area (Å²) in [7, 11) is 1.59. The molecule has 112 valence electrons. The summed E-state index contributed by atoms with van der Waals surface area (Å²) < 4.78 is 5.17. The van der Waals surface area contributed by atoms with Crippen molar-refractivity contribution in [1.82, 2.24) is 4.90 Å². The van der Waals surface area contributed by atoms with Crippen LogP contribution in [0.1, 0.15) is 25.7 Å². The van der Waals surface area contributed by atoms with Crippen molar-refractivity contribution in [2.75, 3.05) is 13.7 Å². The summed E-state index contributed by atoms with van der Waals surface area (Å²) in [6, 6.07) is 0. The number of imide groups is 1. The van der Waals surface area contributed by atoms with Gasteiger partial charge in [0.2, 0.25) is 11.8 Å². The van der Waals surface area contributed by atoms with Crippen molar-refractivity contribution in [2.24, 2.45) is 29.6 Å². The Hall–Kier alpha value is -1.65. The summed E-state index contributed by atoms with van der Waals surface area (Å²) in [5.74, 6) is -0.189. The highest BCUT2D eigenvalue weighted by Gasteiger charge is 2.55. The molecule has 0 aromatic rings. The Morgan fingerprint density at radius 2 is 1.76 bits per heavy atom. The summed E-state index contributed by atoms with van der Waals surface area (Å²) in [6.07, 6.45) is 5.24. The number of rotatable bonds is 0. The Balaban J connectivity index is 1.69. The van der Waals surface area contributed by atoms with E-state index in [0.29, 0.717) is 13.0 Å². The van der Waals surface area contributed by atoms with Crippen LogP contribution in [0, 0.1) is 29.6 Å². The minimum Gasteiger partial charge on any atom is -0.465 e. The van der Waals surface area contributed by atoms with E-state index in [1.165, 1.54) is 10.5 Å². The van der Waals surface area contributed by atoms with Crippen molar-refractivity contribution in [3.05, 3.63) is 11.6 Å². The topological polar surface area (TPSA) is 63.7 Å². The van der Waals surface area contributed by atoms with Gasteiger partial charge in [0.05, 0.1) is 24.4 Å². The predicted molar refractivity (Wildman–Crippen MR) is 72.7 cm³/mol. The molecule has 0 N–H and O–H groups in total. The Kier molecular flexibility index (Phi) is 2.75. The molecule has 2 aliphatic carbocycles. The van der Waals surface area contributed by atoms with Crippen molar-refractivity contribution >= 4 is 17.8 Å². The number of allylic oxidation sites excluding steroid dienone is 2. The fourth-order valence-corrected chi connectivity index (χ4v) is 4.84. The number of hydrogen-bond donors (Lipinski definition) is 0. The van der Waals surface area contributed by atoms with Crippen molar-refractivity contribution in [3.8, 4) is 0 Å². The van der Waals surface area contributed by atoms with Crippen LogP contribution in [0.4, 0.5) is 0 Å². The van der Waals surface area contributed by atoms with Gasteiger partial charge in [0.25, 0.3) is 0 Å². The van der Waals surface area contributed by atoms with Gasteiger partial charge in [-0.3, -0.25) is 19.3 Å². The largest absolute Gasteiger partial charge is 0.465 e. The van der Waals surface area contributed by atoms with Gasteiger partial charge in [-0.2, -0.15) is 0 Å². The molecule has 3 fully saturated rings. The van der Waals surface area contributed by atoms with E-state index in [1.54, 1.807) is 7.05 Å². The second-order valence-corrected chi connectivity index (χ2v) is 6.66. The van der Waals surface area contributed by atoms with E-state index in [0.717, 1.165) is 19.3 Å². The van der Waals surface area contributed by atoms with Crippen molar-refractivity contribution in [1.29, 1.82) is 0 Å². The quantitative estimate of drug-likeness (QED) is 0.381. The van der Waals surface area contributed by atoms with Crippen LogP contribution in [-0.4, -0.2) is 36.3 Å². The van der Waals surface area contributed by atoms with Gasteiger partial charge in [-0.05, 0) is 37.5 Å². The highest BCUT2D eigenvalue weighted by Crippen LogP contribution is 2.52. The lowest BCUT2D eigenvalue weighted by molar-refractivity contribution is -0.157. The van der Waals surface area contributed by atoms with Crippen molar-refractivity contribution < 1.29 is 19.1 Å². The summed E-state index contributed by atoms with van der Waals surface area (Å²) in [4.78, 5) is 37.8. The summed E-state index contributed by atoms with van der Waals surface area (Å²) in [5.41, 5.74) is 1.25. The number of carbonyl (C=O) groups is 3. The van der Waals surface area contributed by atoms with Crippen molar-refractivity contribution in [2.45, 2.75) is 25.7 Å². The maximum Gasteiger partial charge on any atom is 0.309 e. The zero-order valence-electron chi connectivity index (χ0n) is 12.1. The first kappa shape index (κ1) is 13.0. The second kappa shape index (κ2) is 4.42. The van der Waals surface area contributed by atoms with E-state index in [-0.39, 0.29) is 47.4 Å². The minimum atomic E-state index is -0.193. The third kappa shape index (κ3) is 1.66. The first-order valence-corrected chi connectivity index (χ1v) is 7.77. The fourth-order valence-electron chi connectivity index (χ4n) is 4.84. The number of nitrogens with zero attached hydrogens (tertiary/aromatic N) is 1. The molecule has 0 aromatic heterocycles. The Labute approximate surface area is 123 Å². The molecule has 2 heterocycles. The lowest BCUT2D eigenvalue weighted by Crippen LogP contribution is -2.43. The number of fused-ring (bicyclic) bond motifs is 5. The Bertz CT molecular complexity index is 567. The molecule has 21 heavy (non-hydrogen) atoms. The average molecular weight is 289 g/mol. The molecule has 0 radical (unpaired) electrons. The molecular formula is C16H19NO4. The highest BCUT2D eigenvalue weighted by atomic mass is 16.5. The Morgan fingerprint density at radius 3 is 2.57 bits per heavy atom. The van der Waals surface area contributed by atoms with Crippen LogP contribution in [0.25, 0.3) is 0 Å². The third-order valence-corrected chi connectivity index (χ3v) is 5.84. The zero-order chi connectivity index (χ0) is 14.7. The van der Waals surface area contributed by atoms with Gasteiger partial charge in [0.15, 0.2) is 0 Å². The van der Waals surface area contributed by atoms with Crippen LogP contribution in [0.5, 0.6) is 0 Å². The van der Waals surface area contributed by atoms with Gasteiger partial charge in [-0.1, -0.05) is 11.6 Å². The van der Waals surface area contributed by atoms with E-state index in [1.807, 2.05) is 0 Å². The molecule has 5 atom stereocenters. The molecule has 0 aromatic carbocycles. The normalized spacial score (nSPS) is 42.0. The summed E-state index contributed by atoms with van der Waals surface area (Å²) >= 11 is 0. The molecule has 2 aliphatic heterocycles. The van der Waals surface area contributed by atoms with Crippen LogP contribution in [-0.2, 0) is 19.1 Å². The van der Waals surface area contributed by atoms with Crippen molar-refractivity contribution in [3.63, 3.8) is 0 Å². The molecule has 4 rings (SSSR count). The fraction of sp³-hybridized carbons (Fsp3) is 0.688. The SMILES string of the molecule is CN1C(=O)[C@@H]2[C@@H](CC=C3[C@H]4CCOC(=O)[C@H]4CC[C@@H]32)C1=O. The van der Waals surface area contributed by atoms with E-state index in [4.69, 9.17) is 4.74 Å². The van der Waals surface area contributed by atoms with Gasteiger partial charge in [0.1, 0.15) is 0 Å². The van der Waals surface area contributed by atoms with Crippen LogP contribution >= 0.6 is 0 Å². The lowest BCUT2D eigenvalue weighted by atomic mass is 9.60. The zero-order valence-corrected chi connectivity index (χ0v) is 12.1. The third-order valence-electron chi connectivity index (χ3n) is 5.84. The van der Waals surface area contributed by atoms with Gasteiger partial charge < -0.3 is 4.74 Å². The maximum absolute atomic E-state index is 12.4. The molecular weight excluding hydrogens is 270 g/mol. The lowest BCUT2D eigenvalue weighted by Gasteiger charge is -2.44. The minimum absolute atomic E-state index is 0.0302. The number of amides is 2. The number of likely N-dealkylation sites (tertiary alicyclic amines) is 1. The van der Waals surface area contributed by atoms with Gasteiger partial charge in [-0.15, -0.1) is 0 Å². The molecule has 5 nitrogen and oxygen atoms in total. The maximum atomic E-state index is 12.4. The second-order valence-electron chi connectivity index (χ2n) is 6.66. The molecule has 2 amide bonds. The van der Waals surface area contributed by atoms with Crippen LogP contribution in [0.2, 0.25) is 0 Å². The smallest absolute Gasteiger partial charge is 0.309 e. The van der Waals surface area contributed by atoms with E-state index < -0.39 is 0 Å². The van der Waals surface area contributed by atoms with Gasteiger partial charge in [0, 0.05) is 7.05 Å². The van der Waals surface area contributed by atoms with Crippen LogP contribution in [0.15, 0.2) is 11.6 Å². The summed E-state index contributed by atoms with van der Waals surface area (Å²) in [5, 5.41) is 0. The first-order chi connectivity index (χ1) is 10.1. The average Bonchev–Trinajstić information content (AvgIpc) is 2.72. The summed E-state index contributed by atoms with van der Waals surface area (Å²) in [6.45, 7) is 0.477. The number of carbonyl (C=O) groups excluding carboxylic acids is 3. The Morgan fingerprint density at radius 1 is 1.00 bits per heavy atom. The van der Waals surface area contributed by atoms with Crippen LogP contribution < -0.4 is 0 Å².